The first kappa shape index (κ1) is 8.75. The number of hydrogen-bond acceptors (Lipinski definition) is 2. The average molecular weight is 156 g/mol. The van der Waals surface area contributed by atoms with Gasteiger partial charge in [-0.1, -0.05) is 13.0 Å². The molecule has 0 amide bonds. The fourth-order valence-electron chi connectivity index (χ4n) is 1.38. The SMILES string of the molecule is C=C[C@H]1OC(C)(C)OC1CC. The van der Waals surface area contributed by atoms with Crippen molar-refractivity contribution in [3.8, 4) is 0 Å². The van der Waals surface area contributed by atoms with Crippen molar-refractivity contribution in [2.24, 2.45) is 0 Å². The second-order valence-corrected chi connectivity index (χ2v) is 3.28. The van der Waals surface area contributed by atoms with Crippen LogP contribution in [0.15, 0.2) is 12.7 Å². The van der Waals surface area contributed by atoms with E-state index in [-0.39, 0.29) is 12.2 Å². The van der Waals surface area contributed by atoms with Gasteiger partial charge < -0.3 is 9.47 Å². The number of ether oxygens (including phenoxy) is 2. The highest BCUT2D eigenvalue weighted by atomic mass is 16.7. The molecule has 0 aliphatic carbocycles. The minimum atomic E-state index is -0.431. The Bertz CT molecular complexity index is 152. The maximum atomic E-state index is 5.61. The minimum Gasteiger partial charge on any atom is -0.344 e. The summed E-state index contributed by atoms with van der Waals surface area (Å²) in [6.07, 6.45) is 3.03. The van der Waals surface area contributed by atoms with Gasteiger partial charge in [0.25, 0.3) is 0 Å². The molecule has 1 unspecified atom stereocenters. The summed E-state index contributed by atoms with van der Waals surface area (Å²) in [4.78, 5) is 0. The molecule has 0 spiro atoms. The predicted molar refractivity (Wildman–Crippen MR) is 44.3 cm³/mol. The van der Waals surface area contributed by atoms with Crippen molar-refractivity contribution >= 4 is 0 Å². The molecule has 0 radical (unpaired) electrons. The second-order valence-electron chi connectivity index (χ2n) is 3.28. The van der Waals surface area contributed by atoms with Gasteiger partial charge >= 0.3 is 0 Å². The van der Waals surface area contributed by atoms with Crippen molar-refractivity contribution < 1.29 is 9.47 Å². The molecule has 1 rings (SSSR count). The van der Waals surface area contributed by atoms with Crippen LogP contribution in [0.25, 0.3) is 0 Å². The predicted octanol–water partition coefficient (Wildman–Crippen LogP) is 2.10. The minimum absolute atomic E-state index is 0.0648. The molecule has 2 heteroatoms. The third-order valence-corrected chi connectivity index (χ3v) is 1.86. The molecule has 0 aromatic rings. The van der Waals surface area contributed by atoms with Gasteiger partial charge in [-0.05, 0) is 20.3 Å². The van der Waals surface area contributed by atoms with E-state index < -0.39 is 5.79 Å². The van der Waals surface area contributed by atoms with Gasteiger partial charge in [0.05, 0.1) is 6.10 Å². The topological polar surface area (TPSA) is 18.5 Å². The first-order valence-corrected chi connectivity index (χ1v) is 4.07. The highest BCUT2D eigenvalue weighted by Gasteiger charge is 2.38. The van der Waals surface area contributed by atoms with E-state index in [9.17, 15) is 0 Å². The van der Waals surface area contributed by atoms with Crippen LogP contribution < -0.4 is 0 Å². The first-order chi connectivity index (χ1) is 5.09. The van der Waals surface area contributed by atoms with Crippen LogP contribution in [0.5, 0.6) is 0 Å². The molecule has 1 aliphatic rings. The van der Waals surface area contributed by atoms with E-state index >= 15 is 0 Å². The fraction of sp³-hybridized carbons (Fsp3) is 0.778. The normalized spacial score (nSPS) is 35.5. The maximum absolute atomic E-state index is 5.61. The van der Waals surface area contributed by atoms with Gasteiger partial charge in [-0.15, -0.1) is 6.58 Å². The first-order valence-electron chi connectivity index (χ1n) is 4.07. The molecule has 0 bridgehead atoms. The van der Waals surface area contributed by atoms with Gasteiger partial charge in [-0.25, -0.2) is 0 Å². The Labute approximate surface area is 68.2 Å². The van der Waals surface area contributed by atoms with E-state index in [0.29, 0.717) is 0 Å². The van der Waals surface area contributed by atoms with E-state index in [1.165, 1.54) is 0 Å². The molecule has 64 valence electrons. The Morgan fingerprint density at radius 1 is 1.45 bits per heavy atom. The molecule has 1 aliphatic heterocycles. The summed E-state index contributed by atoms with van der Waals surface area (Å²) in [7, 11) is 0. The monoisotopic (exact) mass is 156 g/mol. The molecule has 1 heterocycles. The standard InChI is InChI=1S/C9H16O2/c1-5-7-8(6-2)11-9(3,4)10-7/h5,7-8H,1,6H2,2-4H3/t7-,8?/m1/s1. The lowest BCUT2D eigenvalue weighted by molar-refractivity contribution is -0.143. The van der Waals surface area contributed by atoms with Gasteiger partial charge in [-0.3, -0.25) is 0 Å². The highest BCUT2D eigenvalue weighted by molar-refractivity contribution is 4.92. The second kappa shape index (κ2) is 2.95. The molecule has 1 saturated heterocycles. The van der Waals surface area contributed by atoms with Crippen LogP contribution in [0, 0.1) is 0 Å². The van der Waals surface area contributed by atoms with Gasteiger partial charge in [0, 0.05) is 0 Å². The summed E-state index contributed by atoms with van der Waals surface area (Å²) >= 11 is 0. The maximum Gasteiger partial charge on any atom is 0.164 e. The average Bonchev–Trinajstić information content (AvgIpc) is 2.25. The third-order valence-electron chi connectivity index (χ3n) is 1.86. The van der Waals surface area contributed by atoms with Crippen molar-refractivity contribution in [1.29, 1.82) is 0 Å². The van der Waals surface area contributed by atoms with Gasteiger partial charge in [0.2, 0.25) is 0 Å². The molecule has 1 fully saturated rings. The Hall–Kier alpha value is -0.340. The molecule has 0 aromatic heterocycles. The zero-order chi connectivity index (χ0) is 8.48. The lowest BCUT2D eigenvalue weighted by Crippen LogP contribution is -2.21. The molecule has 0 N–H and O–H groups in total. The van der Waals surface area contributed by atoms with E-state index in [0.717, 1.165) is 6.42 Å². The van der Waals surface area contributed by atoms with E-state index in [2.05, 4.69) is 13.5 Å². The molecule has 11 heavy (non-hydrogen) atoms. The summed E-state index contributed by atoms with van der Waals surface area (Å²) in [5, 5.41) is 0. The summed E-state index contributed by atoms with van der Waals surface area (Å²) in [5.41, 5.74) is 0. The zero-order valence-electron chi connectivity index (χ0n) is 7.46. The lowest BCUT2D eigenvalue weighted by Gasteiger charge is -2.16. The summed E-state index contributed by atoms with van der Waals surface area (Å²) in [6.45, 7) is 9.65. The Morgan fingerprint density at radius 2 is 2.09 bits per heavy atom. The number of hydrogen-bond donors (Lipinski definition) is 0. The van der Waals surface area contributed by atoms with Gasteiger partial charge in [0.1, 0.15) is 6.10 Å². The summed E-state index contributed by atoms with van der Waals surface area (Å²) in [6, 6.07) is 0. The highest BCUT2D eigenvalue weighted by Crippen LogP contribution is 2.29. The van der Waals surface area contributed by atoms with Crippen LogP contribution in [-0.4, -0.2) is 18.0 Å². The van der Waals surface area contributed by atoms with Crippen LogP contribution in [0.1, 0.15) is 27.2 Å². The van der Waals surface area contributed by atoms with Crippen molar-refractivity contribution in [2.45, 2.75) is 45.2 Å². The van der Waals surface area contributed by atoms with Crippen molar-refractivity contribution in [1.82, 2.24) is 0 Å². The van der Waals surface area contributed by atoms with Gasteiger partial charge in [0.15, 0.2) is 5.79 Å². The molecule has 0 aromatic carbocycles. The molecular formula is C9H16O2. The smallest absolute Gasteiger partial charge is 0.164 e. The van der Waals surface area contributed by atoms with Crippen LogP contribution in [0.3, 0.4) is 0 Å². The van der Waals surface area contributed by atoms with E-state index in [1.54, 1.807) is 0 Å². The van der Waals surface area contributed by atoms with E-state index in [4.69, 9.17) is 9.47 Å². The van der Waals surface area contributed by atoms with Crippen molar-refractivity contribution in [2.75, 3.05) is 0 Å². The summed E-state index contributed by atoms with van der Waals surface area (Å²) < 4.78 is 11.2. The fourth-order valence-corrected chi connectivity index (χ4v) is 1.38. The quantitative estimate of drug-likeness (QED) is 0.570. The number of rotatable bonds is 2. The van der Waals surface area contributed by atoms with Crippen LogP contribution in [0.4, 0.5) is 0 Å². The zero-order valence-corrected chi connectivity index (χ0v) is 7.46. The Morgan fingerprint density at radius 3 is 2.45 bits per heavy atom. The Balaban J connectivity index is 2.62. The Kier molecular flexibility index (Phi) is 2.35. The summed E-state index contributed by atoms with van der Waals surface area (Å²) in [5.74, 6) is -0.431. The lowest BCUT2D eigenvalue weighted by atomic mass is 10.1. The van der Waals surface area contributed by atoms with Crippen LogP contribution in [-0.2, 0) is 9.47 Å². The van der Waals surface area contributed by atoms with Crippen LogP contribution >= 0.6 is 0 Å². The van der Waals surface area contributed by atoms with Crippen molar-refractivity contribution in [3.05, 3.63) is 12.7 Å². The largest absolute Gasteiger partial charge is 0.344 e. The van der Waals surface area contributed by atoms with E-state index in [1.807, 2.05) is 19.9 Å². The van der Waals surface area contributed by atoms with Crippen molar-refractivity contribution in [3.63, 3.8) is 0 Å². The molecule has 2 nitrogen and oxygen atoms in total. The van der Waals surface area contributed by atoms with Crippen LogP contribution in [0.2, 0.25) is 0 Å². The third kappa shape index (κ3) is 1.82. The van der Waals surface area contributed by atoms with Gasteiger partial charge in [-0.2, -0.15) is 0 Å². The molecule has 2 atom stereocenters. The molecular weight excluding hydrogens is 140 g/mol. The molecule has 0 saturated carbocycles.